The fourth-order valence-electron chi connectivity index (χ4n) is 2.36. The molecule has 0 fully saturated rings. The van der Waals surface area contributed by atoms with E-state index >= 15 is 0 Å². The molecule has 0 aliphatic carbocycles. The number of rotatable bonds is 11. The zero-order chi connectivity index (χ0) is 21.1. The van der Waals surface area contributed by atoms with Crippen molar-refractivity contribution >= 4 is 40.8 Å². The molecule has 0 aliphatic heterocycles. The molecule has 1 aromatic carbocycles. The van der Waals surface area contributed by atoms with Crippen LogP contribution >= 0.6 is 23.2 Å². The Bertz CT molecular complexity index is 691. The number of halogens is 2. The molecule has 11 heteroatoms. The third-order valence-corrected chi connectivity index (χ3v) is 4.18. The lowest BCUT2D eigenvalue weighted by atomic mass is 10.1. The first kappa shape index (κ1) is 23.8. The molecule has 28 heavy (non-hydrogen) atoms. The van der Waals surface area contributed by atoms with Gasteiger partial charge in [0.1, 0.15) is 11.9 Å². The standard InChI is InChI=1S/C17H26Cl2N6O3/c1-2-4-14(24-17(21)22)23-16(26)13(25-27)9-10-7-11(18)15(12(19)8-10)28-6-3-5-20/h7-8,14,27H,2-6,9,20H2,1H3,(H,23,26)(H4,21,22,24). The Morgan fingerprint density at radius 3 is 2.50 bits per heavy atom. The van der Waals surface area contributed by atoms with Crippen molar-refractivity contribution in [3.05, 3.63) is 27.7 Å². The van der Waals surface area contributed by atoms with E-state index in [2.05, 4.69) is 15.8 Å². The van der Waals surface area contributed by atoms with Gasteiger partial charge in [0.15, 0.2) is 11.7 Å². The molecule has 0 heterocycles. The second-order valence-corrected chi connectivity index (χ2v) is 6.79. The summed E-state index contributed by atoms with van der Waals surface area (Å²) in [5, 5.41) is 25.4. The maximum absolute atomic E-state index is 12.4. The molecule has 0 saturated heterocycles. The Kier molecular flexibility index (Phi) is 10.4. The second kappa shape index (κ2) is 12.3. The van der Waals surface area contributed by atoms with Gasteiger partial charge in [-0.3, -0.25) is 10.2 Å². The first-order valence-electron chi connectivity index (χ1n) is 8.75. The SMILES string of the molecule is CCCC(NC(=N)N)NC(=O)C(Cc1cc(Cl)c(OCCCN)c(Cl)c1)=NO. The number of guanidine groups is 1. The molecule has 9 nitrogen and oxygen atoms in total. The third-order valence-electron chi connectivity index (χ3n) is 3.62. The van der Waals surface area contributed by atoms with Crippen molar-refractivity contribution in [3.63, 3.8) is 0 Å². The maximum atomic E-state index is 12.4. The zero-order valence-corrected chi connectivity index (χ0v) is 17.1. The number of nitrogens with zero attached hydrogens (tertiary/aromatic N) is 1. The van der Waals surface area contributed by atoms with Crippen LogP contribution in [0.5, 0.6) is 5.75 Å². The van der Waals surface area contributed by atoms with Crippen LogP contribution in [0.15, 0.2) is 17.3 Å². The third kappa shape index (κ3) is 7.79. The van der Waals surface area contributed by atoms with Crippen LogP contribution in [-0.2, 0) is 11.2 Å². The van der Waals surface area contributed by atoms with E-state index in [0.29, 0.717) is 37.3 Å². The Morgan fingerprint density at radius 1 is 1.36 bits per heavy atom. The lowest BCUT2D eigenvalue weighted by Gasteiger charge is -2.20. The summed E-state index contributed by atoms with van der Waals surface area (Å²) in [6, 6.07) is 3.17. The average Bonchev–Trinajstić information content (AvgIpc) is 2.61. The van der Waals surface area contributed by atoms with Gasteiger partial charge >= 0.3 is 0 Å². The topological polar surface area (TPSA) is 159 Å². The Hall–Kier alpha value is -2.23. The molecule has 1 rings (SSSR count). The van der Waals surface area contributed by atoms with Crippen molar-refractivity contribution in [2.45, 2.75) is 38.8 Å². The van der Waals surface area contributed by atoms with E-state index in [1.807, 2.05) is 6.92 Å². The Morgan fingerprint density at radius 2 is 2.00 bits per heavy atom. The van der Waals surface area contributed by atoms with E-state index in [0.717, 1.165) is 6.42 Å². The van der Waals surface area contributed by atoms with E-state index < -0.39 is 12.1 Å². The summed E-state index contributed by atoms with van der Waals surface area (Å²) >= 11 is 12.4. The van der Waals surface area contributed by atoms with Crippen LogP contribution in [0.1, 0.15) is 31.7 Å². The molecule has 1 atom stereocenters. The molecule has 1 unspecified atom stereocenters. The Balaban J connectivity index is 2.86. The van der Waals surface area contributed by atoms with E-state index in [4.69, 9.17) is 44.8 Å². The molecule has 0 bridgehead atoms. The van der Waals surface area contributed by atoms with Crippen LogP contribution in [0.25, 0.3) is 0 Å². The summed E-state index contributed by atoms with van der Waals surface area (Å²) in [5.74, 6) is -0.545. The van der Waals surface area contributed by atoms with E-state index in [9.17, 15) is 10.0 Å². The fraction of sp³-hybridized carbons (Fsp3) is 0.471. The minimum atomic E-state index is -0.606. The van der Waals surface area contributed by atoms with Gasteiger partial charge in [0.2, 0.25) is 0 Å². The molecule has 1 amide bonds. The molecule has 0 aromatic heterocycles. The highest BCUT2D eigenvalue weighted by Gasteiger charge is 2.19. The summed E-state index contributed by atoms with van der Waals surface area (Å²) in [5.41, 5.74) is 11.2. The van der Waals surface area contributed by atoms with Gasteiger partial charge in [-0.25, -0.2) is 0 Å². The van der Waals surface area contributed by atoms with Crippen LogP contribution in [-0.4, -0.2) is 42.1 Å². The molecule has 0 saturated carbocycles. The van der Waals surface area contributed by atoms with Gasteiger partial charge < -0.3 is 32.0 Å². The summed E-state index contributed by atoms with van der Waals surface area (Å²) in [4.78, 5) is 12.4. The molecule has 0 radical (unpaired) electrons. The molecular formula is C17H26Cl2N6O3. The Labute approximate surface area is 173 Å². The lowest BCUT2D eigenvalue weighted by molar-refractivity contribution is -0.115. The number of carbonyl (C=O) groups is 1. The number of benzene rings is 1. The predicted octanol–water partition coefficient (Wildman–Crippen LogP) is 1.82. The van der Waals surface area contributed by atoms with Gasteiger partial charge in [0, 0.05) is 6.42 Å². The van der Waals surface area contributed by atoms with Gasteiger partial charge in [-0.05, 0) is 37.1 Å². The lowest BCUT2D eigenvalue weighted by Crippen LogP contribution is -2.51. The summed E-state index contributed by atoms with van der Waals surface area (Å²) in [6.45, 7) is 2.78. The van der Waals surface area contributed by atoms with Crippen LogP contribution in [0, 0.1) is 5.41 Å². The van der Waals surface area contributed by atoms with Gasteiger partial charge in [0.25, 0.3) is 5.91 Å². The number of oxime groups is 1. The number of amides is 1. The quantitative estimate of drug-likeness (QED) is 0.0780. The van der Waals surface area contributed by atoms with E-state index in [1.54, 1.807) is 12.1 Å². The van der Waals surface area contributed by atoms with E-state index in [1.165, 1.54) is 0 Å². The molecular weight excluding hydrogens is 407 g/mol. The number of nitrogens with two attached hydrogens (primary N) is 2. The average molecular weight is 433 g/mol. The molecule has 1 aromatic rings. The molecule has 8 N–H and O–H groups in total. The molecule has 0 aliphatic rings. The van der Waals surface area contributed by atoms with Crippen molar-refractivity contribution in [1.29, 1.82) is 5.41 Å². The van der Waals surface area contributed by atoms with Crippen LogP contribution < -0.4 is 26.8 Å². The number of carbonyl (C=O) groups excluding carboxylic acids is 1. The maximum Gasteiger partial charge on any atom is 0.271 e. The summed E-state index contributed by atoms with van der Waals surface area (Å²) in [6.07, 6.45) is 1.37. The first-order chi connectivity index (χ1) is 13.3. The van der Waals surface area contributed by atoms with Gasteiger partial charge in [-0.1, -0.05) is 41.7 Å². The van der Waals surface area contributed by atoms with Gasteiger partial charge in [-0.15, -0.1) is 0 Å². The first-order valence-corrected chi connectivity index (χ1v) is 9.51. The fourth-order valence-corrected chi connectivity index (χ4v) is 3.00. The van der Waals surface area contributed by atoms with Crippen molar-refractivity contribution < 1.29 is 14.7 Å². The highest BCUT2D eigenvalue weighted by molar-refractivity contribution is 6.40. The second-order valence-electron chi connectivity index (χ2n) is 5.98. The zero-order valence-electron chi connectivity index (χ0n) is 15.6. The highest BCUT2D eigenvalue weighted by Crippen LogP contribution is 2.34. The van der Waals surface area contributed by atoms with Crippen LogP contribution in [0.2, 0.25) is 10.0 Å². The van der Waals surface area contributed by atoms with Crippen molar-refractivity contribution in [2.75, 3.05) is 13.2 Å². The minimum Gasteiger partial charge on any atom is -0.490 e. The largest absolute Gasteiger partial charge is 0.490 e. The normalized spacial score (nSPS) is 12.4. The van der Waals surface area contributed by atoms with Gasteiger partial charge in [-0.2, -0.15) is 0 Å². The van der Waals surface area contributed by atoms with E-state index in [-0.39, 0.29) is 28.1 Å². The van der Waals surface area contributed by atoms with Crippen LogP contribution in [0.4, 0.5) is 0 Å². The summed E-state index contributed by atoms with van der Waals surface area (Å²) < 4.78 is 5.52. The van der Waals surface area contributed by atoms with Crippen molar-refractivity contribution in [3.8, 4) is 5.75 Å². The smallest absolute Gasteiger partial charge is 0.271 e. The highest BCUT2D eigenvalue weighted by atomic mass is 35.5. The number of hydrogen-bond acceptors (Lipinski definition) is 6. The summed E-state index contributed by atoms with van der Waals surface area (Å²) in [7, 11) is 0. The molecule has 0 spiro atoms. The van der Waals surface area contributed by atoms with Crippen molar-refractivity contribution in [2.24, 2.45) is 16.6 Å². The number of nitrogens with one attached hydrogen (secondary N) is 3. The predicted molar refractivity (Wildman–Crippen MR) is 110 cm³/mol. The monoisotopic (exact) mass is 432 g/mol. The van der Waals surface area contributed by atoms with Gasteiger partial charge in [0.05, 0.1) is 16.7 Å². The minimum absolute atomic E-state index is 0.0101. The molecule has 156 valence electrons. The number of hydrogen-bond donors (Lipinski definition) is 6. The number of ether oxygens (including phenoxy) is 1. The van der Waals surface area contributed by atoms with Crippen molar-refractivity contribution in [1.82, 2.24) is 10.6 Å². The van der Waals surface area contributed by atoms with Crippen LogP contribution in [0.3, 0.4) is 0 Å².